The van der Waals surface area contributed by atoms with Gasteiger partial charge in [0.15, 0.2) is 0 Å². The van der Waals surface area contributed by atoms with Crippen molar-refractivity contribution in [1.82, 2.24) is 0 Å². The molecule has 0 nitrogen and oxygen atoms in total. The van der Waals surface area contributed by atoms with E-state index in [0.717, 1.165) is 53.3 Å². The van der Waals surface area contributed by atoms with Gasteiger partial charge >= 0.3 is 0 Å². The molecule has 0 N–H and O–H groups in total. The lowest BCUT2D eigenvalue weighted by Gasteiger charge is -2.55. The lowest BCUT2D eigenvalue weighted by Crippen LogP contribution is -2.47. The standard InChI is InChI=1S/C32H56/c1-2-24-17-19-25(20-18-24)21-22-29-30-16-10-15-27-13-6-3-4-7-14-28(32(27)30)23-31(29)26-11-8-5-9-12-26/h24-32H,2-23H2,1H3. The lowest BCUT2D eigenvalue weighted by molar-refractivity contribution is -0.0605. The van der Waals surface area contributed by atoms with Crippen LogP contribution in [0.25, 0.3) is 0 Å². The molecule has 0 aromatic carbocycles. The summed E-state index contributed by atoms with van der Waals surface area (Å²) in [5.74, 6) is 10.0. The van der Waals surface area contributed by atoms with E-state index >= 15 is 0 Å². The van der Waals surface area contributed by atoms with Gasteiger partial charge in [0.25, 0.3) is 0 Å². The van der Waals surface area contributed by atoms with Gasteiger partial charge in [-0.05, 0) is 72.5 Å². The maximum Gasteiger partial charge on any atom is -0.0326 e. The Hall–Kier alpha value is 0. The van der Waals surface area contributed by atoms with Crippen molar-refractivity contribution in [3.8, 4) is 0 Å². The van der Waals surface area contributed by atoms with Crippen molar-refractivity contribution in [2.45, 2.75) is 148 Å². The van der Waals surface area contributed by atoms with Crippen LogP contribution in [0, 0.1) is 53.3 Å². The third-order valence-corrected chi connectivity index (χ3v) is 12.0. The maximum atomic E-state index is 2.43. The molecule has 0 aromatic rings. The summed E-state index contributed by atoms with van der Waals surface area (Å²) in [6.45, 7) is 2.43. The molecular weight excluding hydrogens is 384 g/mol. The second-order valence-electron chi connectivity index (χ2n) is 13.5. The van der Waals surface area contributed by atoms with Crippen LogP contribution < -0.4 is 0 Å². The van der Waals surface area contributed by atoms with Gasteiger partial charge < -0.3 is 0 Å². The summed E-state index contributed by atoms with van der Waals surface area (Å²) in [5, 5.41) is 0. The van der Waals surface area contributed by atoms with E-state index in [2.05, 4.69) is 6.92 Å². The quantitative estimate of drug-likeness (QED) is 0.399. The molecule has 0 aliphatic heterocycles. The molecule has 5 saturated carbocycles. The van der Waals surface area contributed by atoms with Gasteiger partial charge in [-0.3, -0.25) is 0 Å². The molecule has 0 heteroatoms. The molecule has 6 atom stereocenters. The number of rotatable bonds is 5. The van der Waals surface area contributed by atoms with Gasteiger partial charge in [0.05, 0.1) is 0 Å². The SMILES string of the molecule is CCC1CCC(CCC2C(C3CCCCC3)CC3CCCCCCC4CCCC2C43)CC1. The molecule has 0 saturated heterocycles. The van der Waals surface area contributed by atoms with Gasteiger partial charge in [-0.25, -0.2) is 0 Å². The minimum atomic E-state index is 1.06. The molecule has 0 spiro atoms. The zero-order valence-electron chi connectivity index (χ0n) is 21.8. The molecule has 0 bridgehead atoms. The van der Waals surface area contributed by atoms with Gasteiger partial charge in [0, 0.05) is 0 Å². The van der Waals surface area contributed by atoms with Crippen molar-refractivity contribution in [2.24, 2.45) is 53.3 Å². The molecule has 5 fully saturated rings. The Morgan fingerprint density at radius 3 is 1.78 bits per heavy atom. The highest BCUT2D eigenvalue weighted by Crippen LogP contribution is 2.58. The highest BCUT2D eigenvalue weighted by atomic mass is 14.5. The summed E-state index contributed by atoms with van der Waals surface area (Å²) in [5.41, 5.74) is 0. The molecule has 5 aliphatic rings. The average Bonchev–Trinajstić information content (AvgIpc) is 2.95. The smallest absolute Gasteiger partial charge is 0.0326 e. The highest BCUT2D eigenvalue weighted by Gasteiger charge is 2.49. The molecule has 0 radical (unpaired) electrons. The van der Waals surface area contributed by atoms with Crippen molar-refractivity contribution >= 4 is 0 Å². The topological polar surface area (TPSA) is 0 Å². The van der Waals surface area contributed by atoms with Gasteiger partial charge in [-0.1, -0.05) is 129 Å². The summed E-state index contributed by atoms with van der Waals surface area (Å²) in [6, 6.07) is 0. The average molecular weight is 441 g/mol. The van der Waals surface area contributed by atoms with E-state index in [1.54, 1.807) is 122 Å². The van der Waals surface area contributed by atoms with Crippen molar-refractivity contribution in [3.63, 3.8) is 0 Å². The van der Waals surface area contributed by atoms with Crippen molar-refractivity contribution in [3.05, 3.63) is 0 Å². The van der Waals surface area contributed by atoms with E-state index < -0.39 is 0 Å². The third-order valence-electron chi connectivity index (χ3n) is 12.0. The van der Waals surface area contributed by atoms with Gasteiger partial charge in [-0.2, -0.15) is 0 Å². The first-order valence-electron chi connectivity index (χ1n) is 15.8. The minimum absolute atomic E-state index is 1.06. The fourth-order valence-electron chi connectivity index (χ4n) is 10.3. The van der Waals surface area contributed by atoms with E-state index in [-0.39, 0.29) is 0 Å². The van der Waals surface area contributed by atoms with Crippen LogP contribution in [-0.4, -0.2) is 0 Å². The van der Waals surface area contributed by atoms with Crippen LogP contribution >= 0.6 is 0 Å². The van der Waals surface area contributed by atoms with Crippen LogP contribution in [-0.2, 0) is 0 Å². The Balaban J connectivity index is 1.32. The van der Waals surface area contributed by atoms with E-state index in [1.165, 1.54) is 19.3 Å². The summed E-state index contributed by atoms with van der Waals surface area (Å²) < 4.78 is 0. The van der Waals surface area contributed by atoms with Gasteiger partial charge in [0.2, 0.25) is 0 Å². The van der Waals surface area contributed by atoms with Crippen LogP contribution in [0.2, 0.25) is 0 Å². The Kier molecular flexibility index (Phi) is 8.62. The summed E-state index contributed by atoms with van der Waals surface area (Å²) in [4.78, 5) is 0. The Bertz CT molecular complexity index is 536. The molecule has 0 aromatic heterocycles. The van der Waals surface area contributed by atoms with Crippen molar-refractivity contribution in [2.75, 3.05) is 0 Å². The second kappa shape index (κ2) is 11.6. The number of hydrogen-bond donors (Lipinski definition) is 0. The molecule has 0 amide bonds. The Morgan fingerprint density at radius 1 is 0.469 bits per heavy atom. The number of hydrogen-bond acceptors (Lipinski definition) is 0. The summed E-state index contributed by atoms with van der Waals surface area (Å²) in [7, 11) is 0. The fourth-order valence-corrected chi connectivity index (χ4v) is 10.3. The van der Waals surface area contributed by atoms with Crippen molar-refractivity contribution < 1.29 is 0 Å². The molecule has 184 valence electrons. The van der Waals surface area contributed by atoms with E-state index in [0.29, 0.717) is 0 Å². The first kappa shape index (κ1) is 23.7. The second-order valence-corrected chi connectivity index (χ2v) is 13.5. The first-order chi connectivity index (χ1) is 15.8. The molecule has 5 rings (SSSR count). The van der Waals surface area contributed by atoms with Crippen LogP contribution in [0.15, 0.2) is 0 Å². The molecule has 32 heavy (non-hydrogen) atoms. The predicted molar refractivity (Wildman–Crippen MR) is 139 cm³/mol. The summed E-state index contributed by atoms with van der Waals surface area (Å²) >= 11 is 0. The molecular formula is C32H56. The fraction of sp³-hybridized carbons (Fsp3) is 1.00. The lowest BCUT2D eigenvalue weighted by atomic mass is 9.50. The van der Waals surface area contributed by atoms with Crippen LogP contribution in [0.3, 0.4) is 0 Å². The van der Waals surface area contributed by atoms with Gasteiger partial charge in [-0.15, -0.1) is 0 Å². The minimum Gasteiger partial charge on any atom is -0.0651 e. The van der Waals surface area contributed by atoms with E-state index in [9.17, 15) is 0 Å². The van der Waals surface area contributed by atoms with Crippen LogP contribution in [0.5, 0.6) is 0 Å². The van der Waals surface area contributed by atoms with Crippen molar-refractivity contribution in [1.29, 1.82) is 0 Å². The molecule has 5 aliphatic carbocycles. The normalized spacial score (nSPS) is 44.2. The van der Waals surface area contributed by atoms with E-state index in [4.69, 9.17) is 0 Å². The van der Waals surface area contributed by atoms with Crippen LogP contribution in [0.1, 0.15) is 148 Å². The molecule has 6 unspecified atom stereocenters. The monoisotopic (exact) mass is 440 g/mol. The third kappa shape index (κ3) is 5.46. The predicted octanol–water partition coefficient (Wildman–Crippen LogP) is 10.2. The Morgan fingerprint density at radius 2 is 1.06 bits per heavy atom. The zero-order valence-corrected chi connectivity index (χ0v) is 21.8. The maximum absolute atomic E-state index is 2.43. The largest absolute Gasteiger partial charge is 0.0651 e. The first-order valence-corrected chi connectivity index (χ1v) is 15.8. The summed E-state index contributed by atoms with van der Waals surface area (Å²) in [6.07, 6.45) is 34.6. The Labute approximate surface area is 201 Å². The molecule has 0 heterocycles. The van der Waals surface area contributed by atoms with Crippen LogP contribution in [0.4, 0.5) is 0 Å². The van der Waals surface area contributed by atoms with Gasteiger partial charge in [0.1, 0.15) is 0 Å². The van der Waals surface area contributed by atoms with E-state index in [1.807, 2.05) is 0 Å². The zero-order chi connectivity index (χ0) is 21.8. The highest BCUT2D eigenvalue weighted by molar-refractivity contribution is 4.99.